The number of carboxylic acids is 1. The van der Waals surface area contributed by atoms with E-state index in [1.165, 1.54) is 0 Å². The van der Waals surface area contributed by atoms with Crippen molar-refractivity contribution in [2.75, 3.05) is 32.7 Å². The van der Waals surface area contributed by atoms with E-state index in [1.54, 1.807) is 4.90 Å². The fourth-order valence-electron chi connectivity index (χ4n) is 2.54. The van der Waals surface area contributed by atoms with E-state index in [-0.39, 0.29) is 12.5 Å². The van der Waals surface area contributed by atoms with Crippen LogP contribution in [-0.2, 0) is 9.59 Å². The summed E-state index contributed by atoms with van der Waals surface area (Å²) < 4.78 is 0. The predicted octanol–water partition coefficient (Wildman–Crippen LogP) is 0.305. The van der Waals surface area contributed by atoms with Crippen LogP contribution in [0.25, 0.3) is 0 Å². The van der Waals surface area contributed by atoms with Crippen LogP contribution in [0.4, 0.5) is 0 Å². The number of nitrogens with two attached hydrogens (primary N) is 1. The Balaban J connectivity index is 1.95. The van der Waals surface area contributed by atoms with E-state index in [0.717, 1.165) is 12.0 Å². The molecule has 0 unspecified atom stereocenters. The van der Waals surface area contributed by atoms with E-state index in [2.05, 4.69) is 0 Å². The summed E-state index contributed by atoms with van der Waals surface area (Å²) in [5.41, 5.74) is 6.84. The van der Waals surface area contributed by atoms with E-state index in [4.69, 9.17) is 10.8 Å². The van der Waals surface area contributed by atoms with Crippen molar-refractivity contribution in [2.24, 2.45) is 5.73 Å². The third-order valence-electron chi connectivity index (χ3n) is 3.68. The van der Waals surface area contributed by atoms with Crippen molar-refractivity contribution in [2.45, 2.75) is 12.5 Å². The van der Waals surface area contributed by atoms with Gasteiger partial charge in [-0.05, 0) is 12.0 Å². The van der Waals surface area contributed by atoms with Crippen LogP contribution < -0.4 is 5.73 Å². The second kappa shape index (κ2) is 7.19. The average Bonchev–Trinajstić information content (AvgIpc) is 2.71. The minimum absolute atomic E-state index is 0.0206. The first-order chi connectivity index (χ1) is 10.1. The molecule has 3 N–H and O–H groups in total. The highest BCUT2D eigenvalue weighted by atomic mass is 16.4. The number of rotatable bonds is 4. The van der Waals surface area contributed by atoms with Crippen molar-refractivity contribution in [3.05, 3.63) is 35.9 Å². The number of carbonyl (C=O) groups is 2. The topological polar surface area (TPSA) is 86.9 Å². The number of hydrogen-bond donors (Lipinski definition) is 2. The maximum atomic E-state index is 12.4. The van der Waals surface area contributed by atoms with Crippen molar-refractivity contribution in [1.82, 2.24) is 9.80 Å². The normalized spacial score (nSPS) is 18.0. The van der Waals surface area contributed by atoms with Crippen LogP contribution in [0.1, 0.15) is 18.0 Å². The van der Waals surface area contributed by atoms with Crippen molar-refractivity contribution in [3.63, 3.8) is 0 Å². The predicted molar refractivity (Wildman–Crippen MR) is 78.6 cm³/mol. The summed E-state index contributed by atoms with van der Waals surface area (Å²) in [7, 11) is 0. The molecule has 114 valence electrons. The zero-order valence-electron chi connectivity index (χ0n) is 11.9. The Bertz CT molecular complexity index is 492. The summed E-state index contributed by atoms with van der Waals surface area (Å²) in [6.07, 6.45) is 0.764. The van der Waals surface area contributed by atoms with Gasteiger partial charge < -0.3 is 15.7 Å². The van der Waals surface area contributed by atoms with Gasteiger partial charge >= 0.3 is 5.97 Å². The molecule has 1 heterocycles. The molecule has 1 aliphatic heterocycles. The van der Waals surface area contributed by atoms with Crippen LogP contribution in [-0.4, -0.2) is 59.5 Å². The van der Waals surface area contributed by atoms with Crippen LogP contribution in [0.15, 0.2) is 30.3 Å². The van der Waals surface area contributed by atoms with E-state index in [0.29, 0.717) is 26.2 Å². The summed E-state index contributed by atoms with van der Waals surface area (Å²) in [6, 6.07) is 8.64. The lowest BCUT2D eigenvalue weighted by Gasteiger charge is -2.24. The molecule has 21 heavy (non-hydrogen) atoms. The molecule has 0 saturated carbocycles. The monoisotopic (exact) mass is 291 g/mol. The molecule has 0 bridgehead atoms. The Labute approximate surface area is 124 Å². The molecule has 1 saturated heterocycles. The molecular weight excluding hydrogens is 270 g/mol. The van der Waals surface area contributed by atoms with Crippen molar-refractivity contribution in [3.8, 4) is 0 Å². The smallest absolute Gasteiger partial charge is 0.317 e. The second-order valence-electron chi connectivity index (χ2n) is 5.24. The van der Waals surface area contributed by atoms with Crippen LogP contribution >= 0.6 is 0 Å². The lowest BCUT2D eigenvalue weighted by Crippen LogP contribution is -2.41. The number of amides is 1. The molecule has 2 rings (SSSR count). The lowest BCUT2D eigenvalue weighted by molar-refractivity contribution is -0.138. The molecule has 6 heteroatoms. The fraction of sp³-hybridized carbons (Fsp3) is 0.467. The molecule has 0 aromatic heterocycles. The zero-order valence-corrected chi connectivity index (χ0v) is 11.9. The second-order valence-corrected chi connectivity index (χ2v) is 5.24. The van der Waals surface area contributed by atoms with E-state index in [9.17, 15) is 9.59 Å². The van der Waals surface area contributed by atoms with E-state index in [1.807, 2.05) is 35.2 Å². The molecule has 1 aromatic carbocycles. The third kappa shape index (κ3) is 4.27. The van der Waals surface area contributed by atoms with Gasteiger partial charge in [-0.15, -0.1) is 0 Å². The minimum Gasteiger partial charge on any atom is -0.480 e. The fourth-order valence-corrected chi connectivity index (χ4v) is 2.54. The number of nitrogens with zero attached hydrogens (tertiary/aromatic N) is 2. The van der Waals surface area contributed by atoms with Gasteiger partial charge in [0.05, 0.1) is 6.54 Å². The number of hydrogen-bond acceptors (Lipinski definition) is 4. The average molecular weight is 291 g/mol. The van der Waals surface area contributed by atoms with Crippen LogP contribution in [0, 0.1) is 0 Å². The Morgan fingerprint density at radius 3 is 2.52 bits per heavy atom. The summed E-state index contributed by atoms with van der Waals surface area (Å²) in [4.78, 5) is 26.8. The Kier molecular flexibility index (Phi) is 5.30. The molecule has 0 spiro atoms. The van der Waals surface area contributed by atoms with Crippen molar-refractivity contribution >= 4 is 11.9 Å². The van der Waals surface area contributed by atoms with Gasteiger partial charge in [0.2, 0.25) is 5.91 Å². The maximum Gasteiger partial charge on any atom is 0.317 e. The molecule has 1 atom stereocenters. The van der Waals surface area contributed by atoms with Gasteiger partial charge in [0.1, 0.15) is 6.04 Å². The van der Waals surface area contributed by atoms with Gasteiger partial charge in [-0.2, -0.15) is 0 Å². The van der Waals surface area contributed by atoms with Gasteiger partial charge in [0.25, 0.3) is 0 Å². The number of carboxylic acid groups (broad SMARTS) is 1. The molecule has 1 amide bonds. The number of carbonyl (C=O) groups excluding carboxylic acids is 1. The van der Waals surface area contributed by atoms with Gasteiger partial charge in [-0.1, -0.05) is 30.3 Å². The molecule has 1 aliphatic rings. The molecular formula is C15H21N3O3. The first-order valence-electron chi connectivity index (χ1n) is 7.11. The summed E-state index contributed by atoms with van der Waals surface area (Å²) in [5.74, 6) is -0.936. The Morgan fingerprint density at radius 2 is 1.86 bits per heavy atom. The largest absolute Gasteiger partial charge is 0.480 e. The molecule has 0 aliphatic carbocycles. The van der Waals surface area contributed by atoms with Crippen molar-refractivity contribution < 1.29 is 14.7 Å². The number of benzene rings is 1. The molecule has 1 aromatic rings. The van der Waals surface area contributed by atoms with Gasteiger partial charge in [-0.25, -0.2) is 0 Å². The van der Waals surface area contributed by atoms with Gasteiger partial charge in [0, 0.05) is 26.2 Å². The SMILES string of the molecule is N[C@@H](C(=O)N1CCCN(CC(=O)O)CC1)c1ccccc1. The van der Waals surface area contributed by atoms with Crippen LogP contribution in [0.5, 0.6) is 0 Å². The van der Waals surface area contributed by atoms with Crippen molar-refractivity contribution in [1.29, 1.82) is 0 Å². The highest BCUT2D eigenvalue weighted by Gasteiger charge is 2.25. The molecule has 6 nitrogen and oxygen atoms in total. The maximum absolute atomic E-state index is 12.4. The van der Waals surface area contributed by atoms with E-state index >= 15 is 0 Å². The van der Waals surface area contributed by atoms with Crippen LogP contribution in [0.2, 0.25) is 0 Å². The molecule has 0 radical (unpaired) electrons. The van der Waals surface area contributed by atoms with E-state index < -0.39 is 12.0 Å². The third-order valence-corrected chi connectivity index (χ3v) is 3.68. The minimum atomic E-state index is -0.837. The Morgan fingerprint density at radius 1 is 1.14 bits per heavy atom. The quantitative estimate of drug-likeness (QED) is 0.833. The summed E-state index contributed by atoms with van der Waals surface area (Å²) >= 11 is 0. The highest BCUT2D eigenvalue weighted by Crippen LogP contribution is 2.14. The van der Waals surface area contributed by atoms with Crippen LogP contribution in [0.3, 0.4) is 0 Å². The lowest BCUT2D eigenvalue weighted by atomic mass is 10.1. The Hall–Kier alpha value is -1.92. The van der Waals surface area contributed by atoms with Gasteiger partial charge in [0.15, 0.2) is 0 Å². The first kappa shape index (κ1) is 15.5. The summed E-state index contributed by atoms with van der Waals surface area (Å²) in [6.45, 7) is 2.42. The highest BCUT2D eigenvalue weighted by molar-refractivity contribution is 5.83. The zero-order chi connectivity index (χ0) is 15.2. The molecule has 1 fully saturated rings. The standard InChI is InChI=1S/C15H21N3O3/c16-14(12-5-2-1-3-6-12)15(21)18-8-4-7-17(9-10-18)11-13(19)20/h1-3,5-6,14H,4,7-11,16H2,(H,19,20)/t14-/m1/s1. The van der Waals surface area contributed by atoms with Gasteiger partial charge in [-0.3, -0.25) is 14.5 Å². The number of aliphatic carboxylic acids is 1. The first-order valence-corrected chi connectivity index (χ1v) is 7.11. The summed E-state index contributed by atoms with van der Waals surface area (Å²) in [5, 5.41) is 8.83.